The summed E-state index contributed by atoms with van der Waals surface area (Å²) in [5.41, 5.74) is 2.78. The lowest BCUT2D eigenvalue weighted by Gasteiger charge is -2.09. The topological polar surface area (TPSA) is 55.4 Å². The second-order valence-electron chi connectivity index (χ2n) is 5.10. The summed E-state index contributed by atoms with van der Waals surface area (Å²) < 4.78 is 5.00. The third kappa shape index (κ3) is 6.08. The number of esters is 1. The minimum atomic E-state index is -0.373. The third-order valence-corrected chi connectivity index (χ3v) is 5.09. The molecule has 0 aliphatic rings. The summed E-state index contributed by atoms with van der Waals surface area (Å²) in [7, 11) is 0. The van der Waals surface area contributed by atoms with Gasteiger partial charge in [-0.2, -0.15) is 0 Å². The van der Waals surface area contributed by atoms with E-state index in [9.17, 15) is 9.59 Å². The number of rotatable bonds is 7. The van der Waals surface area contributed by atoms with Crippen molar-refractivity contribution in [3.8, 4) is 0 Å². The van der Waals surface area contributed by atoms with E-state index in [0.717, 1.165) is 22.6 Å². The molecule has 1 amide bonds. The Bertz CT molecular complexity index is 668. The molecule has 4 nitrogen and oxygen atoms in total. The number of amides is 1. The van der Waals surface area contributed by atoms with E-state index in [2.05, 4.69) is 5.32 Å². The number of carbonyl (C=O) groups excluding carboxylic acids is 2. The van der Waals surface area contributed by atoms with Crippen LogP contribution in [0.3, 0.4) is 0 Å². The SMILES string of the molecule is Cc1ccc(C)c(NC(=O)COC(=O)CSCc2cccs2)c1. The predicted molar refractivity (Wildman–Crippen MR) is 96.0 cm³/mol. The van der Waals surface area contributed by atoms with Crippen LogP contribution in [0.5, 0.6) is 0 Å². The van der Waals surface area contributed by atoms with Gasteiger partial charge in [0, 0.05) is 16.3 Å². The smallest absolute Gasteiger partial charge is 0.316 e. The summed E-state index contributed by atoms with van der Waals surface area (Å²) in [4.78, 5) is 24.7. The summed E-state index contributed by atoms with van der Waals surface area (Å²) in [5.74, 6) is 0.328. The average Bonchev–Trinajstić information content (AvgIpc) is 3.02. The fraction of sp³-hybridized carbons (Fsp3) is 0.294. The summed E-state index contributed by atoms with van der Waals surface area (Å²) >= 11 is 3.14. The summed E-state index contributed by atoms with van der Waals surface area (Å²) in [5, 5.41) is 4.77. The lowest BCUT2D eigenvalue weighted by molar-refractivity contribution is -0.144. The van der Waals surface area contributed by atoms with E-state index < -0.39 is 0 Å². The van der Waals surface area contributed by atoms with Gasteiger partial charge in [0.1, 0.15) is 0 Å². The van der Waals surface area contributed by atoms with Crippen LogP contribution in [0.25, 0.3) is 0 Å². The Balaban J connectivity index is 1.69. The molecular weight excluding hydrogens is 330 g/mol. The van der Waals surface area contributed by atoms with Crippen LogP contribution >= 0.6 is 23.1 Å². The Hall–Kier alpha value is -1.79. The van der Waals surface area contributed by atoms with Crippen molar-refractivity contribution in [2.45, 2.75) is 19.6 Å². The normalized spacial score (nSPS) is 10.3. The van der Waals surface area contributed by atoms with Gasteiger partial charge in [-0.3, -0.25) is 9.59 Å². The zero-order valence-corrected chi connectivity index (χ0v) is 14.8. The Labute approximate surface area is 144 Å². The minimum absolute atomic E-state index is 0.245. The van der Waals surface area contributed by atoms with E-state index in [4.69, 9.17) is 4.74 Å². The van der Waals surface area contributed by atoms with Crippen molar-refractivity contribution in [1.29, 1.82) is 0 Å². The van der Waals surface area contributed by atoms with Gasteiger partial charge < -0.3 is 10.1 Å². The Kier molecular flexibility index (Phi) is 6.67. The maximum atomic E-state index is 11.8. The van der Waals surface area contributed by atoms with Crippen molar-refractivity contribution in [3.63, 3.8) is 0 Å². The van der Waals surface area contributed by atoms with Crippen LogP contribution in [0.4, 0.5) is 5.69 Å². The number of hydrogen-bond donors (Lipinski definition) is 1. The summed E-state index contributed by atoms with van der Waals surface area (Å²) in [6.45, 7) is 3.62. The van der Waals surface area contributed by atoms with Crippen molar-refractivity contribution in [2.75, 3.05) is 17.7 Å². The molecule has 0 bridgehead atoms. The van der Waals surface area contributed by atoms with E-state index in [1.54, 1.807) is 11.3 Å². The van der Waals surface area contributed by atoms with Crippen LogP contribution in [0.2, 0.25) is 0 Å². The maximum Gasteiger partial charge on any atom is 0.316 e. The van der Waals surface area contributed by atoms with Gasteiger partial charge in [-0.15, -0.1) is 23.1 Å². The van der Waals surface area contributed by atoms with Gasteiger partial charge in [0.2, 0.25) is 0 Å². The number of aryl methyl sites for hydroxylation is 2. The zero-order chi connectivity index (χ0) is 16.7. The molecule has 1 aromatic carbocycles. The number of benzene rings is 1. The highest BCUT2D eigenvalue weighted by Gasteiger charge is 2.09. The van der Waals surface area contributed by atoms with E-state index in [1.165, 1.54) is 16.6 Å². The molecule has 0 aliphatic carbocycles. The summed E-state index contributed by atoms with van der Waals surface area (Å²) in [6, 6.07) is 9.83. The molecule has 0 saturated heterocycles. The lowest BCUT2D eigenvalue weighted by atomic mass is 10.1. The van der Waals surface area contributed by atoms with Gasteiger partial charge in [0.05, 0.1) is 5.75 Å². The molecule has 1 aromatic heterocycles. The fourth-order valence-corrected chi connectivity index (χ4v) is 3.53. The van der Waals surface area contributed by atoms with Gasteiger partial charge in [-0.1, -0.05) is 18.2 Å². The molecule has 0 unspecified atom stereocenters. The number of thioether (sulfide) groups is 1. The van der Waals surface area contributed by atoms with Gasteiger partial charge >= 0.3 is 5.97 Å². The van der Waals surface area contributed by atoms with Gasteiger partial charge in [0.25, 0.3) is 5.91 Å². The van der Waals surface area contributed by atoms with Gasteiger partial charge in [-0.25, -0.2) is 0 Å². The first-order chi connectivity index (χ1) is 11.0. The zero-order valence-electron chi connectivity index (χ0n) is 13.1. The van der Waals surface area contributed by atoms with Crippen LogP contribution in [-0.2, 0) is 20.1 Å². The Morgan fingerprint density at radius 2 is 2.09 bits per heavy atom. The minimum Gasteiger partial charge on any atom is -0.455 e. The van der Waals surface area contributed by atoms with Gasteiger partial charge in [0.15, 0.2) is 6.61 Å². The van der Waals surface area contributed by atoms with Crippen LogP contribution in [0.15, 0.2) is 35.7 Å². The third-order valence-electron chi connectivity index (χ3n) is 3.08. The molecule has 0 saturated carbocycles. The van der Waals surface area contributed by atoms with Crippen molar-refractivity contribution < 1.29 is 14.3 Å². The molecule has 0 spiro atoms. The highest BCUT2D eigenvalue weighted by Crippen LogP contribution is 2.17. The first-order valence-corrected chi connectivity index (χ1v) is 9.21. The van der Waals surface area contributed by atoms with Crippen LogP contribution in [0.1, 0.15) is 16.0 Å². The highest BCUT2D eigenvalue weighted by molar-refractivity contribution is 7.99. The lowest BCUT2D eigenvalue weighted by Crippen LogP contribution is -2.22. The average molecular weight is 349 g/mol. The standard InChI is InChI=1S/C17H19NO3S2/c1-12-5-6-13(2)15(8-12)18-16(19)9-21-17(20)11-22-10-14-4-3-7-23-14/h3-8H,9-11H2,1-2H3,(H,18,19). The second-order valence-corrected chi connectivity index (χ2v) is 7.12. The number of nitrogens with one attached hydrogen (secondary N) is 1. The second kappa shape index (κ2) is 8.74. The molecule has 0 radical (unpaired) electrons. The Morgan fingerprint density at radius 3 is 2.83 bits per heavy atom. The largest absolute Gasteiger partial charge is 0.455 e. The molecule has 2 aromatic rings. The molecular formula is C17H19NO3S2. The maximum absolute atomic E-state index is 11.8. The molecule has 1 heterocycles. The number of hydrogen-bond acceptors (Lipinski definition) is 5. The molecule has 23 heavy (non-hydrogen) atoms. The molecule has 2 rings (SSSR count). The molecule has 6 heteroatoms. The van der Waals surface area contributed by atoms with Crippen molar-refractivity contribution in [2.24, 2.45) is 0 Å². The number of carbonyl (C=O) groups is 2. The predicted octanol–water partition coefficient (Wildman–Crippen LogP) is 3.78. The van der Waals surface area contributed by atoms with Gasteiger partial charge in [-0.05, 0) is 42.5 Å². The Morgan fingerprint density at radius 1 is 1.26 bits per heavy atom. The fourth-order valence-electron chi connectivity index (χ4n) is 1.87. The van der Waals surface area contributed by atoms with E-state index in [1.807, 2.05) is 49.6 Å². The first-order valence-electron chi connectivity index (χ1n) is 7.17. The quantitative estimate of drug-likeness (QED) is 0.773. The van der Waals surface area contributed by atoms with E-state index in [-0.39, 0.29) is 24.2 Å². The molecule has 0 atom stereocenters. The van der Waals surface area contributed by atoms with E-state index >= 15 is 0 Å². The number of thiophene rings is 1. The van der Waals surface area contributed by atoms with Crippen LogP contribution < -0.4 is 5.32 Å². The van der Waals surface area contributed by atoms with Crippen LogP contribution in [-0.4, -0.2) is 24.2 Å². The van der Waals surface area contributed by atoms with E-state index in [0.29, 0.717) is 0 Å². The van der Waals surface area contributed by atoms with Crippen LogP contribution in [0, 0.1) is 13.8 Å². The molecule has 0 aliphatic heterocycles. The van der Waals surface area contributed by atoms with Crippen molar-refractivity contribution in [3.05, 3.63) is 51.7 Å². The first kappa shape index (κ1) is 17.6. The van der Waals surface area contributed by atoms with Crippen molar-refractivity contribution >= 4 is 40.7 Å². The number of anilines is 1. The molecule has 122 valence electrons. The number of ether oxygens (including phenoxy) is 1. The highest BCUT2D eigenvalue weighted by atomic mass is 32.2. The van der Waals surface area contributed by atoms with Crippen molar-refractivity contribution in [1.82, 2.24) is 0 Å². The summed E-state index contributed by atoms with van der Waals surface area (Å²) in [6.07, 6.45) is 0. The molecule has 1 N–H and O–H groups in total. The monoisotopic (exact) mass is 349 g/mol. The molecule has 0 fully saturated rings.